The summed E-state index contributed by atoms with van der Waals surface area (Å²) in [6, 6.07) is 25.7. The van der Waals surface area contributed by atoms with Crippen molar-refractivity contribution in [2.75, 3.05) is 13.2 Å². The normalized spacial score (nSPS) is 10.3. The summed E-state index contributed by atoms with van der Waals surface area (Å²) in [6.07, 6.45) is 0.783. The molecule has 3 aromatic carbocycles. The average molecular weight is 345 g/mol. The Bertz CT molecular complexity index is 842. The molecule has 0 aliphatic rings. The topological polar surface area (TPSA) is 38.3 Å². The van der Waals surface area contributed by atoms with E-state index in [1.165, 1.54) is 5.56 Å². The highest BCUT2D eigenvalue weighted by atomic mass is 16.5. The van der Waals surface area contributed by atoms with Gasteiger partial charge in [0.2, 0.25) is 0 Å². The predicted octanol–water partition coefficient (Wildman–Crippen LogP) is 4.72. The first kappa shape index (κ1) is 17.7. The minimum atomic E-state index is -0.0459. The third-order valence-electron chi connectivity index (χ3n) is 4.19. The number of nitrogens with one attached hydrogen (secondary N) is 1. The van der Waals surface area contributed by atoms with Gasteiger partial charge in [0.1, 0.15) is 5.75 Å². The fourth-order valence-corrected chi connectivity index (χ4v) is 2.89. The molecule has 0 saturated carbocycles. The van der Waals surface area contributed by atoms with Crippen molar-refractivity contribution in [1.29, 1.82) is 0 Å². The molecule has 3 nitrogen and oxygen atoms in total. The van der Waals surface area contributed by atoms with Crippen LogP contribution in [0.1, 0.15) is 22.8 Å². The second-order valence-electron chi connectivity index (χ2n) is 5.99. The van der Waals surface area contributed by atoms with Gasteiger partial charge in [0.15, 0.2) is 0 Å². The number of amides is 1. The van der Waals surface area contributed by atoms with Crippen molar-refractivity contribution in [2.24, 2.45) is 0 Å². The molecule has 0 unspecified atom stereocenters. The van der Waals surface area contributed by atoms with E-state index in [0.717, 1.165) is 23.3 Å². The van der Waals surface area contributed by atoms with Crippen LogP contribution in [0.5, 0.6) is 5.75 Å². The van der Waals surface area contributed by atoms with Crippen LogP contribution in [0.3, 0.4) is 0 Å². The van der Waals surface area contributed by atoms with Crippen LogP contribution in [0.2, 0.25) is 0 Å². The second-order valence-corrected chi connectivity index (χ2v) is 5.99. The van der Waals surface area contributed by atoms with Gasteiger partial charge < -0.3 is 10.1 Å². The van der Waals surface area contributed by atoms with E-state index < -0.39 is 0 Å². The van der Waals surface area contributed by atoms with Gasteiger partial charge in [-0.15, -0.1) is 0 Å². The summed E-state index contributed by atoms with van der Waals surface area (Å²) in [5.41, 5.74) is 3.87. The molecule has 0 spiro atoms. The van der Waals surface area contributed by atoms with Crippen LogP contribution >= 0.6 is 0 Å². The number of carbonyl (C=O) groups is 1. The van der Waals surface area contributed by atoms with Gasteiger partial charge in [0.05, 0.1) is 6.61 Å². The Hall–Kier alpha value is -3.07. The highest BCUT2D eigenvalue weighted by Crippen LogP contribution is 2.23. The number of hydrogen-bond acceptors (Lipinski definition) is 2. The van der Waals surface area contributed by atoms with E-state index in [0.29, 0.717) is 18.7 Å². The minimum Gasteiger partial charge on any atom is -0.494 e. The Morgan fingerprint density at radius 1 is 0.885 bits per heavy atom. The van der Waals surface area contributed by atoms with E-state index in [9.17, 15) is 4.79 Å². The maximum Gasteiger partial charge on any atom is 0.251 e. The molecule has 132 valence electrons. The lowest BCUT2D eigenvalue weighted by Gasteiger charge is -2.11. The monoisotopic (exact) mass is 345 g/mol. The summed E-state index contributed by atoms with van der Waals surface area (Å²) in [5.74, 6) is 0.826. The molecule has 0 aliphatic carbocycles. The van der Waals surface area contributed by atoms with E-state index >= 15 is 0 Å². The Morgan fingerprint density at radius 2 is 1.58 bits per heavy atom. The lowest BCUT2D eigenvalue weighted by atomic mass is 9.99. The number of ether oxygens (including phenoxy) is 1. The maximum atomic E-state index is 12.6. The summed E-state index contributed by atoms with van der Waals surface area (Å²) in [4.78, 5) is 12.6. The molecule has 1 amide bonds. The van der Waals surface area contributed by atoms with E-state index in [1.54, 1.807) is 0 Å². The van der Waals surface area contributed by atoms with Crippen molar-refractivity contribution in [3.05, 3.63) is 90.0 Å². The molecular formula is C23H23NO2. The Morgan fingerprint density at radius 3 is 2.31 bits per heavy atom. The highest BCUT2D eigenvalue weighted by molar-refractivity contribution is 6.00. The van der Waals surface area contributed by atoms with E-state index in [1.807, 2.05) is 85.8 Å². The molecule has 0 saturated heterocycles. The number of hydrogen-bond donors (Lipinski definition) is 1. The molecule has 3 rings (SSSR count). The van der Waals surface area contributed by atoms with Crippen LogP contribution in [-0.4, -0.2) is 19.1 Å². The van der Waals surface area contributed by atoms with Crippen molar-refractivity contribution >= 4 is 5.91 Å². The van der Waals surface area contributed by atoms with Crippen LogP contribution < -0.4 is 10.1 Å². The van der Waals surface area contributed by atoms with E-state index in [4.69, 9.17) is 4.74 Å². The first-order valence-corrected chi connectivity index (χ1v) is 8.92. The predicted molar refractivity (Wildman–Crippen MR) is 106 cm³/mol. The first-order chi connectivity index (χ1) is 12.8. The van der Waals surface area contributed by atoms with Crippen molar-refractivity contribution in [3.8, 4) is 16.9 Å². The Labute approximate surface area is 154 Å². The fraction of sp³-hybridized carbons (Fsp3) is 0.174. The number of rotatable bonds is 7. The molecule has 0 radical (unpaired) electrons. The Kier molecular flexibility index (Phi) is 6.05. The van der Waals surface area contributed by atoms with Crippen molar-refractivity contribution < 1.29 is 9.53 Å². The summed E-state index contributed by atoms with van der Waals surface area (Å²) < 4.78 is 5.45. The average Bonchev–Trinajstić information content (AvgIpc) is 2.70. The number of carbonyl (C=O) groups excluding carboxylic acids is 1. The molecule has 3 aromatic rings. The van der Waals surface area contributed by atoms with Gasteiger partial charge in [-0.25, -0.2) is 0 Å². The van der Waals surface area contributed by atoms with E-state index in [-0.39, 0.29) is 5.91 Å². The van der Waals surface area contributed by atoms with Gasteiger partial charge in [0, 0.05) is 12.1 Å². The van der Waals surface area contributed by atoms with Crippen LogP contribution in [0.25, 0.3) is 11.1 Å². The molecule has 3 heteroatoms. The number of benzene rings is 3. The minimum absolute atomic E-state index is 0.0459. The van der Waals surface area contributed by atoms with Gasteiger partial charge in [-0.3, -0.25) is 4.79 Å². The van der Waals surface area contributed by atoms with Gasteiger partial charge in [-0.2, -0.15) is 0 Å². The highest BCUT2D eigenvalue weighted by Gasteiger charge is 2.11. The largest absolute Gasteiger partial charge is 0.494 e. The molecular weight excluding hydrogens is 322 g/mol. The SMILES string of the molecule is CCOc1ccc(CCNC(=O)c2ccccc2-c2ccccc2)cc1. The maximum absolute atomic E-state index is 12.6. The molecule has 1 N–H and O–H groups in total. The Balaban J connectivity index is 1.62. The van der Waals surface area contributed by atoms with Crippen molar-refractivity contribution in [3.63, 3.8) is 0 Å². The zero-order valence-electron chi connectivity index (χ0n) is 14.9. The molecule has 0 fully saturated rings. The second kappa shape index (κ2) is 8.86. The van der Waals surface area contributed by atoms with Crippen molar-refractivity contribution in [2.45, 2.75) is 13.3 Å². The molecule has 0 aromatic heterocycles. The quantitative estimate of drug-likeness (QED) is 0.672. The molecule has 0 heterocycles. The third-order valence-corrected chi connectivity index (χ3v) is 4.19. The summed E-state index contributed by atoms with van der Waals surface area (Å²) in [6.45, 7) is 3.23. The zero-order valence-corrected chi connectivity index (χ0v) is 14.9. The lowest BCUT2D eigenvalue weighted by molar-refractivity contribution is 0.0955. The van der Waals surface area contributed by atoms with Gasteiger partial charge in [-0.1, -0.05) is 60.7 Å². The standard InChI is InChI=1S/C23H23NO2/c1-2-26-20-14-12-18(13-15-20)16-17-24-23(25)22-11-7-6-10-21(22)19-8-4-3-5-9-19/h3-15H,2,16-17H2,1H3,(H,24,25). The molecule has 0 bridgehead atoms. The molecule has 0 atom stereocenters. The van der Waals surface area contributed by atoms with Crippen LogP contribution in [-0.2, 0) is 6.42 Å². The van der Waals surface area contributed by atoms with Crippen LogP contribution in [0, 0.1) is 0 Å². The van der Waals surface area contributed by atoms with Crippen LogP contribution in [0.4, 0.5) is 0 Å². The van der Waals surface area contributed by atoms with E-state index in [2.05, 4.69) is 5.32 Å². The summed E-state index contributed by atoms with van der Waals surface area (Å²) in [7, 11) is 0. The van der Waals surface area contributed by atoms with Gasteiger partial charge >= 0.3 is 0 Å². The zero-order chi connectivity index (χ0) is 18.2. The van der Waals surface area contributed by atoms with Gasteiger partial charge in [-0.05, 0) is 48.2 Å². The smallest absolute Gasteiger partial charge is 0.251 e. The first-order valence-electron chi connectivity index (χ1n) is 8.92. The molecule has 26 heavy (non-hydrogen) atoms. The van der Waals surface area contributed by atoms with Crippen LogP contribution in [0.15, 0.2) is 78.9 Å². The summed E-state index contributed by atoms with van der Waals surface area (Å²) >= 11 is 0. The molecule has 0 aliphatic heterocycles. The fourth-order valence-electron chi connectivity index (χ4n) is 2.89. The van der Waals surface area contributed by atoms with Crippen molar-refractivity contribution in [1.82, 2.24) is 5.32 Å². The lowest BCUT2D eigenvalue weighted by Crippen LogP contribution is -2.26. The third kappa shape index (κ3) is 4.51. The van der Waals surface area contributed by atoms with Gasteiger partial charge in [0.25, 0.3) is 5.91 Å². The summed E-state index contributed by atoms with van der Waals surface area (Å²) in [5, 5.41) is 3.03.